The first kappa shape index (κ1) is 12.7. The lowest BCUT2D eigenvalue weighted by Crippen LogP contribution is -1.90. The number of halogens is 1. The Bertz CT molecular complexity index is 591. The molecule has 2 aromatic carbocycles. The quantitative estimate of drug-likeness (QED) is 0.776. The minimum absolute atomic E-state index is 0.536. The van der Waals surface area contributed by atoms with E-state index in [2.05, 4.69) is 0 Å². The van der Waals surface area contributed by atoms with Gasteiger partial charge in [-0.1, -0.05) is 41.4 Å². The zero-order valence-electron chi connectivity index (χ0n) is 10.2. The summed E-state index contributed by atoms with van der Waals surface area (Å²) in [6.45, 7) is 1.99. The molecule has 0 saturated carbocycles. The molecule has 0 aromatic heterocycles. The molecule has 0 unspecified atom stereocenters. The van der Waals surface area contributed by atoms with E-state index in [1.165, 1.54) is 0 Å². The van der Waals surface area contributed by atoms with E-state index in [0.717, 1.165) is 23.0 Å². The smallest absolute Gasteiger partial charge is 0.150 e. The molecule has 0 bridgehead atoms. The summed E-state index contributed by atoms with van der Waals surface area (Å²) >= 11 is 6.10. The van der Waals surface area contributed by atoms with Gasteiger partial charge in [-0.2, -0.15) is 0 Å². The second-order valence-electron chi connectivity index (χ2n) is 4.06. The number of hydrogen-bond acceptors (Lipinski definition) is 2. The first-order valence-electron chi connectivity index (χ1n) is 5.55. The van der Waals surface area contributed by atoms with Crippen molar-refractivity contribution in [3.05, 3.63) is 52.5 Å². The van der Waals surface area contributed by atoms with E-state index in [4.69, 9.17) is 16.3 Å². The van der Waals surface area contributed by atoms with Crippen molar-refractivity contribution in [2.75, 3.05) is 7.11 Å². The lowest BCUT2D eigenvalue weighted by Gasteiger charge is -2.09. The van der Waals surface area contributed by atoms with Crippen LogP contribution in [0.15, 0.2) is 36.4 Å². The first-order chi connectivity index (χ1) is 8.65. The topological polar surface area (TPSA) is 26.3 Å². The van der Waals surface area contributed by atoms with Crippen LogP contribution < -0.4 is 4.74 Å². The molecule has 0 aliphatic heterocycles. The van der Waals surface area contributed by atoms with Crippen molar-refractivity contribution < 1.29 is 9.53 Å². The molecule has 0 heterocycles. The van der Waals surface area contributed by atoms with Crippen LogP contribution in [0.5, 0.6) is 5.75 Å². The van der Waals surface area contributed by atoms with Crippen LogP contribution in [0, 0.1) is 6.92 Å². The molecule has 2 nitrogen and oxygen atoms in total. The van der Waals surface area contributed by atoms with Crippen LogP contribution in [-0.4, -0.2) is 13.4 Å². The Morgan fingerprint density at radius 2 is 1.94 bits per heavy atom. The maximum Gasteiger partial charge on any atom is 0.150 e. The van der Waals surface area contributed by atoms with Crippen molar-refractivity contribution in [1.82, 2.24) is 0 Å². The third-order valence-electron chi connectivity index (χ3n) is 2.80. The Kier molecular flexibility index (Phi) is 3.68. The number of carbonyl (C=O) groups is 1. The second kappa shape index (κ2) is 5.23. The summed E-state index contributed by atoms with van der Waals surface area (Å²) in [5, 5.41) is 0.536. The van der Waals surface area contributed by atoms with Gasteiger partial charge in [0.2, 0.25) is 0 Å². The van der Waals surface area contributed by atoms with Crippen molar-refractivity contribution in [1.29, 1.82) is 0 Å². The zero-order valence-corrected chi connectivity index (χ0v) is 11.0. The van der Waals surface area contributed by atoms with Crippen molar-refractivity contribution in [2.24, 2.45) is 0 Å². The predicted molar refractivity (Wildman–Crippen MR) is 73.6 cm³/mol. The number of benzene rings is 2. The van der Waals surface area contributed by atoms with E-state index in [0.29, 0.717) is 16.3 Å². The summed E-state index contributed by atoms with van der Waals surface area (Å²) in [6, 6.07) is 11.2. The fourth-order valence-corrected chi connectivity index (χ4v) is 2.11. The van der Waals surface area contributed by atoms with E-state index in [1.54, 1.807) is 13.2 Å². The molecule has 92 valence electrons. The van der Waals surface area contributed by atoms with Gasteiger partial charge in [0, 0.05) is 5.56 Å². The van der Waals surface area contributed by atoms with Gasteiger partial charge in [0.25, 0.3) is 0 Å². The lowest BCUT2D eigenvalue weighted by atomic mass is 9.98. The summed E-state index contributed by atoms with van der Waals surface area (Å²) in [6.07, 6.45) is 0.854. The number of hydrogen-bond donors (Lipinski definition) is 0. The van der Waals surface area contributed by atoms with Crippen LogP contribution in [0.2, 0.25) is 5.02 Å². The summed E-state index contributed by atoms with van der Waals surface area (Å²) < 4.78 is 5.11. The van der Waals surface area contributed by atoms with Gasteiger partial charge in [-0.15, -0.1) is 0 Å². The largest absolute Gasteiger partial charge is 0.495 e. The van der Waals surface area contributed by atoms with E-state index in [9.17, 15) is 4.79 Å². The van der Waals surface area contributed by atoms with Gasteiger partial charge in [-0.3, -0.25) is 4.79 Å². The Morgan fingerprint density at radius 1 is 1.17 bits per heavy atom. The number of aldehydes is 1. The molecule has 0 aliphatic rings. The first-order valence-corrected chi connectivity index (χ1v) is 5.93. The number of carbonyl (C=O) groups excluding carboxylic acids is 1. The Labute approximate surface area is 111 Å². The minimum atomic E-state index is 0.536. The Morgan fingerprint density at radius 3 is 2.56 bits per heavy atom. The van der Waals surface area contributed by atoms with E-state index < -0.39 is 0 Å². The number of methoxy groups -OCH3 is 1. The summed E-state index contributed by atoms with van der Waals surface area (Å²) in [7, 11) is 1.57. The van der Waals surface area contributed by atoms with E-state index in [-0.39, 0.29) is 0 Å². The van der Waals surface area contributed by atoms with Gasteiger partial charge >= 0.3 is 0 Å². The molecule has 0 aliphatic carbocycles. The molecule has 0 radical (unpaired) electrons. The maximum absolute atomic E-state index is 11.1. The van der Waals surface area contributed by atoms with Gasteiger partial charge in [-0.05, 0) is 30.2 Å². The van der Waals surface area contributed by atoms with Crippen molar-refractivity contribution in [2.45, 2.75) is 6.92 Å². The van der Waals surface area contributed by atoms with E-state index in [1.807, 2.05) is 37.3 Å². The van der Waals surface area contributed by atoms with Crippen LogP contribution in [0.4, 0.5) is 0 Å². The van der Waals surface area contributed by atoms with Gasteiger partial charge < -0.3 is 4.74 Å². The Hall–Kier alpha value is -1.80. The van der Waals surface area contributed by atoms with Crippen LogP contribution >= 0.6 is 11.6 Å². The van der Waals surface area contributed by atoms with Gasteiger partial charge in [0.1, 0.15) is 5.75 Å². The molecule has 0 saturated heterocycles. The third-order valence-corrected chi connectivity index (χ3v) is 3.09. The van der Waals surface area contributed by atoms with Crippen molar-refractivity contribution in [3.8, 4) is 16.9 Å². The average Bonchev–Trinajstić information content (AvgIpc) is 2.38. The number of rotatable bonds is 3. The molecule has 0 amide bonds. The molecule has 0 fully saturated rings. The maximum atomic E-state index is 11.1. The molecule has 18 heavy (non-hydrogen) atoms. The summed E-state index contributed by atoms with van der Waals surface area (Å²) in [4.78, 5) is 11.1. The summed E-state index contributed by atoms with van der Waals surface area (Å²) in [5.41, 5.74) is 3.55. The predicted octanol–water partition coefficient (Wildman–Crippen LogP) is 4.14. The minimum Gasteiger partial charge on any atom is -0.495 e. The average molecular weight is 261 g/mol. The lowest BCUT2D eigenvalue weighted by molar-refractivity contribution is 0.112. The molecule has 0 atom stereocenters. The zero-order chi connectivity index (χ0) is 13.1. The van der Waals surface area contributed by atoms with Crippen LogP contribution in [0.3, 0.4) is 0 Å². The highest BCUT2D eigenvalue weighted by Gasteiger charge is 2.08. The normalized spacial score (nSPS) is 10.2. The fraction of sp³-hybridized carbons (Fsp3) is 0.133. The number of ether oxygens (including phenoxy) is 1. The Balaban J connectivity index is 2.57. The highest BCUT2D eigenvalue weighted by molar-refractivity contribution is 6.32. The highest BCUT2D eigenvalue weighted by atomic mass is 35.5. The highest BCUT2D eigenvalue weighted by Crippen LogP contribution is 2.31. The van der Waals surface area contributed by atoms with Gasteiger partial charge in [-0.25, -0.2) is 0 Å². The van der Waals surface area contributed by atoms with Crippen molar-refractivity contribution in [3.63, 3.8) is 0 Å². The van der Waals surface area contributed by atoms with Crippen molar-refractivity contribution >= 4 is 17.9 Å². The van der Waals surface area contributed by atoms with E-state index >= 15 is 0 Å². The van der Waals surface area contributed by atoms with Crippen LogP contribution in [-0.2, 0) is 0 Å². The third kappa shape index (κ3) is 2.39. The molecule has 2 rings (SSSR count). The molecular weight excluding hydrogens is 248 g/mol. The van der Waals surface area contributed by atoms with Gasteiger partial charge in [0.05, 0.1) is 12.1 Å². The van der Waals surface area contributed by atoms with Crippen LogP contribution in [0.1, 0.15) is 15.9 Å². The molecule has 0 N–H and O–H groups in total. The second-order valence-corrected chi connectivity index (χ2v) is 4.47. The monoisotopic (exact) mass is 260 g/mol. The molecule has 0 spiro atoms. The SMILES string of the molecule is COc1ccc(-c2cc(C)ccc2C=O)cc1Cl. The number of aryl methyl sites for hydroxylation is 1. The molecular formula is C15H13ClO2. The standard InChI is InChI=1S/C15H13ClO2/c1-10-3-4-12(9-17)13(7-10)11-5-6-15(18-2)14(16)8-11/h3-9H,1-2H3. The van der Waals surface area contributed by atoms with Gasteiger partial charge in [0.15, 0.2) is 6.29 Å². The fourth-order valence-electron chi connectivity index (χ4n) is 1.86. The molecule has 3 heteroatoms. The van der Waals surface area contributed by atoms with Crippen LogP contribution in [0.25, 0.3) is 11.1 Å². The summed E-state index contributed by atoms with van der Waals surface area (Å²) in [5.74, 6) is 0.626. The molecule has 2 aromatic rings.